The molecule has 4 nitrogen and oxygen atoms in total. The molecule has 3 aromatic rings. The number of carbonyl (C=O) groups excluding carboxylic acids is 1. The molecule has 1 aromatic heterocycles. The van der Waals surface area contributed by atoms with Gasteiger partial charge in [-0.3, -0.25) is 4.57 Å². The van der Waals surface area contributed by atoms with Gasteiger partial charge in [0, 0.05) is 16.8 Å². The number of aromatic nitrogens is 2. The van der Waals surface area contributed by atoms with Crippen LogP contribution >= 0.6 is 0 Å². The molecule has 1 heterocycles. The van der Waals surface area contributed by atoms with Crippen molar-refractivity contribution in [1.29, 1.82) is 0 Å². The molecular weight excluding hydrogens is 300 g/mol. The number of hydrogen-bond acceptors (Lipinski definition) is 3. The second-order valence-corrected chi connectivity index (χ2v) is 5.45. The Morgan fingerprint density at radius 1 is 1.08 bits per heavy atom. The summed E-state index contributed by atoms with van der Waals surface area (Å²) in [5.41, 5.74) is 3.33. The largest absolute Gasteiger partial charge is 0.454 e. The second kappa shape index (κ2) is 6.96. The summed E-state index contributed by atoms with van der Waals surface area (Å²) >= 11 is 0. The fraction of sp³-hybridized carbons (Fsp3) is 0.100. The van der Waals surface area contributed by atoms with Gasteiger partial charge < -0.3 is 4.74 Å². The van der Waals surface area contributed by atoms with E-state index in [1.807, 2.05) is 65.2 Å². The van der Waals surface area contributed by atoms with E-state index in [9.17, 15) is 4.79 Å². The van der Waals surface area contributed by atoms with Gasteiger partial charge in [0.25, 0.3) is 0 Å². The summed E-state index contributed by atoms with van der Waals surface area (Å²) in [6.45, 7) is 5.32. The smallest absolute Gasteiger partial charge is 0.333 e. The van der Waals surface area contributed by atoms with Crippen LogP contribution in [0, 0.1) is 0 Å². The minimum atomic E-state index is -0.418. The quantitative estimate of drug-likeness (QED) is 0.524. The number of para-hydroxylation sites is 1. The Bertz CT molecular complexity index is 852. The van der Waals surface area contributed by atoms with Gasteiger partial charge in [-0.1, -0.05) is 55.1 Å². The van der Waals surface area contributed by atoms with Crippen LogP contribution in [-0.2, 0) is 16.1 Å². The first-order valence-electron chi connectivity index (χ1n) is 7.67. The normalized spacial score (nSPS) is 10.4. The molecule has 2 aromatic carbocycles. The fourth-order valence-corrected chi connectivity index (χ4v) is 2.42. The van der Waals surface area contributed by atoms with Crippen LogP contribution in [0.15, 0.2) is 79.0 Å². The van der Waals surface area contributed by atoms with Crippen LogP contribution in [0.2, 0.25) is 0 Å². The molecule has 0 N–H and O–H groups in total. The maximum Gasteiger partial charge on any atom is 0.333 e. The van der Waals surface area contributed by atoms with E-state index in [0.717, 1.165) is 16.9 Å². The minimum Gasteiger partial charge on any atom is -0.454 e. The van der Waals surface area contributed by atoms with Crippen molar-refractivity contribution in [3.63, 3.8) is 0 Å². The highest BCUT2D eigenvalue weighted by Crippen LogP contribution is 2.25. The first kappa shape index (κ1) is 15.7. The minimum absolute atomic E-state index is 0.0907. The van der Waals surface area contributed by atoms with E-state index in [2.05, 4.69) is 11.6 Å². The summed E-state index contributed by atoms with van der Waals surface area (Å²) in [4.78, 5) is 16.1. The highest BCUT2D eigenvalue weighted by atomic mass is 16.5. The topological polar surface area (TPSA) is 44.1 Å². The van der Waals surface area contributed by atoms with Gasteiger partial charge in [-0.05, 0) is 19.1 Å². The number of nitrogens with zero attached hydrogens (tertiary/aromatic N) is 2. The van der Waals surface area contributed by atoms with Gasteiger partial charge in [0.15, 0.2) is 5.82 Å². The average Bonchev–Trinajstić information content (AvgIpc) is 3.05. The Morgan fingerprint density at radius 2 is 1.71 bits per heavy atom. The zero-order valence-electron chi connectivity index (χ0n) is 13.5. The molecule has 0 amide bonds. The molecule has 120 valence electrons. The van der Waals surface area contributed by atoms with Crippen molar-refractivity contribution in [3.05, 3.63) is 84.8 Å². The number of esters is 1. The maximum absolute atomic E-state index is 11.7. The zero-order valence-corrected chi connectivity index (χ0v) is 13.5. The zero-order chi connectivity index (χ0) is 16.9. The molecule has 0 saturated heterocycles. The summed E-state index contributed by atoms with van der Waals surface area (Å²) in [6, 6.07) is 19.9. The summed E-state index contributed by atoms with van der Waals surface area (Å²) in [5, 5.41) is 0. The van der Waals surface area contributed by atoms with E-state index in [4.69, 9.17) is 4.74 Å². The van der Waals surface area contributed by atoms with Crippen molar-refractivity contribution in [2.75, 3.05) is 0 Å². The molecular formula is C20H18N2O2. The van der Waals surface area contributed by atoms with Gasteiger partial charge in [0.2, 0.25) is 0 Å². The number of carbonyl (C=O) groups is 1. The molecule has 0 saturated carbocycles. The van der Waals surface area contributed by atoms with E-state index < -0.39 is 5.97 Å². The lowest BCUT2D eigenvalue weighted by molar-refractivity contribution is -0.140. The summed E-state index contributed by atoms with van der Waals surface area (Å²) < 4.78 is 7.28. The number of rotatable bonds is 5. The third-order valence-electron chi connectivity index (χ3n) is 3.60. The predicted molar refractivity (Wildman–Crippen MR) is 93.6 cm³/mol. The van der Waals surface area contributed by atoms with E-state index in [1.54, 1.807) is 13.1 Å². The standard InChI is InChI=1S/C20H18N2O2/c1-15(2)20(23)24-14-19-21-13-18(16-9-5-3-6-10-16)22(19)17-11-7-4-8-12-17/h3-13H,1,14H2,2H3. The Labute approximate surface area is 141 Å². The lowest BCUT2D eigenvalue weighted by Gasteiger charge is -2.12. The van der Waals surface area contributed by atoms with Crippen molar-refractivity contribution in [1.82, 2.24) is 9.55 Å². The lowest BCUT2D eigenvalue weighted by atomic mass is 10.1. The Balaban J connectivity index is 2.02. The van der Waals surface area contributed by atoms with Gasteiger partial charge in [0.05, 0.1) is 11.9 Å². The number of benzene rings is 2. The molecule has 0 bridgehead atoms. The van der Waals surface area contributed by atoms with Gasteiger partial charge in [0.1, 0.15) is 6.61 Å². The van der Waals surface area contributed by atoms with Gasteiger partial charge in [-0.15, -0.1) is 0 Å². The van der Waals surface area contributed by atoms with Crippen LogP contribution in [0.1, 0.15) is 12.7 Å². The lowest BCUT2D eigenvalue weighted by Crippen LogP contribution is -2.09. The van der Waals surface area contributed by atoms with Crippen molar-refractivity contribution in [3.8, 4) is 16.9 Å². The molecule has 0 unspecified atom stereocenters. The molecule has 0 aliphatic heterocycles. The van der Waals surface area contributed by atoms with E-state index in [-0.39, 0.29) is 6.61 Å². The van der Waals surface area contributed by atoms with Crippen molar-refractivity contribution < 1.29 is 9.53 Å². The first-order chi connectivity index (χ1) is 11.7. The molecule has 0 spiro atoms. The van der Waals surface area contributed by atoms with Crippen molar-refractivity contribution in [2.45, 2.75) is 13.5 Å². The van der Waals surface area contributed by atoms with Crippen LogP contribution in [0.25, 0.3) is 16.9 Å². The molecule has 3 rings (SSSR count). The first-order valence-corrected chi connectivity index (χ1v) is 7.67. The van der Waals surface area contributed by atoms with Gasteiger partial charge in [-0.25, -0.2) is 9.78 Å². The predicted octanol–water partition coefficient (Wildman–Crippen LogP) is 4.16. The molecule has 0 aliphatic carbocycles. The van der Waals surface area contributed by atoms with Crippen LogP contribution < -0.4 is 0 Å². The van der Waals surface area contributed by atoms with Crippen LogP contribution in [-0.4, -0.2) is 15.5 Å². The second-order valence-electron chi connectivity index (χ2n) is 5.45. The van der Waals surface area contributed by atoms with E-state index in [1.165, 1.54) is 0 Å². The average molecular weight is 318 g/mol. The SMILES string of the molecule is C=C(C)C(=O)OCc1ncc(-c2ccccc2)n1-c1ccccc1. The Morgan fingerprint density at radius 3 is 2.33 bits per heavy atom. The molecule has 0 aliphatic rings. The van der Waals surface area contributed by atoms with E-state index >= 15 is 0 Å². The molecule has 0 radical (unpaired) electrons. The summed E-state index contributed by atoms with van der Waals surface area (Å²) in [6.07, 6.45) is 1.80. The van der Waals surface area contributed by atoms with Gasteiger partial charge in [-0.2, -0.15) is 0 Å². The highest BCUT2D eigenvalue weighted by Gasteiger charge is 2.15. The van der Waals surface area contributed by atoms with Crippen molar-refractivity contribution in [2.24, 2.45) is 0 Å². The van der Waals surface area contributed by atoms with Gasteiger partial charge >= 0.3 is 5.97 Å². The third kappa shape index (κ3) is 3.27. The maximum atomic E-state index is 11.7. The van der Waals surface area contributed by atoms with Crippen LogP contribution in [0.4, 0.5) is 0 Å². The summed E-state index contributed by atoms with van der Waals surface area (Å²) in [7, 11) is 0. The number of hydrogen-bond donors (Lipinski definition) is 0. The Kier molecular flexibility index (Phi) is 4.57. The number of ether oxygens (including phenoxy) is 1. The molecule has 0 fully saturated rings. The monoisotopic (exact) mass is 318 g/mol. The Hall–Kier alpha value is -3.14. The molecule has 4 heteroatoms. The van der Waals surface area contributed by atoms with Crippen LogP contribution in [0.5, 0.6) is 0 Å². The molecule has 24 heavy (non-hydrogen) atoms. The highest BCUT2D eigenvalue weighted by molar-refractivity contribution is 5.86. The number of imidazole rings is 1. The van der Waals surface area contributed by atoms with Crippen LogP contribution in [0.3, 0.4) is 0 Å². The third-order valence-corrected chi connectivity index (χ3v) is 3.60. The fourth-order valence-electron chi connectivity index (χ4n) is 2.42. The molecule has 0 atom stereocenters. The van der Waals surface area contributed by atoms with E-state index in [0.29, 0.717) is 11.4 Å². The summed E-state index contributed by atoms with van der Waals surface area (Å²) in [5.74, 6) is 0.244. The van der Waals surface area contributed by atoms with Crippen molar-refractivity contribution >= 4 is 5.97 Å².